The third kappa shape index (κ3) is 5.55. The second kappa shape index (κ2) is 10.4. The number of rotatable bonds is 8. The van der Waals surface area contributed by atoms with Crippen molar-refractivity contribution in [3.8, 4) is 5.75 Å². The van der Waals surface area contributed by atoms with Gasteiger partial charge in [0, 0.05) is 30.8 Å². The minimum absolute atomic E-state index is 0.00281. The summed E-state index contributed by atoms with van der Waals surface area (Å²) in [4.78, 5) is 33.7. The topological polar surface area (TPSA) is 108 Å². The number of nitrogens with zero attached hydrogens (tertiary/aromatic N) is 4. The summed E-state index contributed by atoms with van der Waals surface area (Å²) in [5.41, 5.74) is 0.525. The van der Waals surface area contributed by atoms with Gasteiger partial charge in [-0.1, -0.05) is 35.9 Å². The molecular formula is C24H22ClF3N4O5. The lowest BCUT2D eigenvalue weighted by Gasteiger charge is -2.38. The van der Waals surface area contributed by atoms with Gasteiger partial charge in [0.15, 0.2) is 17.3 Å². The van der Waals surface area contributed by atoms with Crippen LogP contribution in [0.1, 0.15) is 38.7 Å². The third-order valence-electron chi connectivity index (χ3n) is 5.72. The molecule has 1 aliphatic heterocycles. The number of ether oxygens (including phenoxy) is 1. The molecule has 37 heavy (non-hydrogen) atoms. The Kier molecular flexibility index (Phi) is 7.44. The molecule has 0 aliphatic carbocycles. The summed E-state index contributed by atoms with van der Waals surface area (Å²) in [5, 5.41) is 20.4. The van der Waals surface area contributed by atoms with Crippen LogP contribution in [-0.2, 0) is 6.54 Å². The summed E-state index contributed by atoms with van der Waals surface area (Å²) in [7, 11) is 1.48. The summed E-state index contributed by atoms with van der Waals surface area (Å²) in [6, 6.07) is 11.2. The van der Waals surface area contributed by atoms with Crippen LogP contribution < -0.4 is 9.64 Å². The maximum Gasteiger partial charge on any atom is 0.573 e. The molecule has 1 unspecified atom stereocenters. The Morgan fingerprint density at radius 3 is 2.54 bits per heavy atom. The van der Waals surface area contributed by atoms with E-state index in [-0.39, 0.29) is 49.0 Å². The zero-order chi connectivity index (χ0) is 26.9. The van der Waals surface area contributed by atoms with E-state index in [0.717, 1.165) is 17.0 Å². The summed E-state index contributed by atoms with van der Waals surface area (Å²) in [5.74, 6) is -2.16. The first kappa shape index (κ1) is 26.5. The zero-order valence-corrected chi connectivity index (χ0v) is 20.2. The molecule has 0 saturated carbocycles. The molecule has 0 radical (unpaired) electrons. The Morgan fingerprint density at radius 1 is 1.19 bits per heavy atom. The van der Waals surface area contributed by atoms with Crippen LogP contribution in [0, 0.1) is 0 Å². The van der Waals surface area contributed by atoms with Crippen molar-refractivity contribution in [2.24, 2.45) is 0 Å². The van der Waals surface area contributed by atoms with E-state index in [1.807, 2.05) is 0 Å². The van der Waals surface area contributed by atoms with Crippen molar-refractivity contribution in [3.63, 3.8) is 0 Å². The molecule has 1 aromatic heterocycles. The van der Waals surface area contributed by atoms with Crippen molar-refractivity contribution in [1.29, 1.82) is 0 Å². The molecule has 2 heterocycles. The molecular weight excluding hydrogens is 517 g/mol. The van der Waals surface area contributed by atoms with Gasteiger partial charge in [-0.3, -0.25) is 14.5 Å². The molecule has 1 amide bonds. The third-order valence-corrected chi connectivity index (χ3v) is 5.97. The van der Waals surface area contributed by atoms with Gasteiger partial charge >= 0.3 is 6.36 Å². The van der Waals surface area contributed by atoms with Crippen LogP contribution in [-0.4, -0.2) is 69.3 Å². The number of amides is 1. The number of carbonyl (C=O) groups excluding carboxylic acids is 2. The van der Waals surface area contributed by atoms with E-state index in [4.69, 9.17) is 11.6 Å². The molecule has 1 aliphatic rings. The first-order valence-corrected chi connectivity index (χ1v) is 11.5. The Bertz CT molecular complexity index is 1310. The number of alkyl halides is 3. The van der Waals surface area contributed by atoms with E-state index >= 15 is 0 Å². The van der Waals surface area contributed by atoms with E-state index in [2.05, 4.69) is 9.72 Å². The van der Waals surface area contributed by atoms with Gasteiger partial charge in [0.1, 0.15) is 5.75 Å². The van der Waals surface area contributed by atoms with Crippen molar-refractivity contribution in [1.82, 2.24) is 14.5 Å². The number of hydrogen-bond acceptors (Lipinski definition) is 7. The lowest BCUT2D eigenvalue weighted by Crippen LogP contribution is -2.54. The molecule has 0 fully saturated rings. The predicted molar refractivity (Wildman–Crippen MR) is 126 cm³/mol. The van der Waals surface area contributed by atoms with E-state index in [0.29, 0.717) is 10.6 Å². The second-order valence-electron chi connectivity index (χ2n) is 8.26. The average molecular weight is 539 g/mol. The number of imidazole rings is 1. The average Bonchev–Trinajstić information content (AvgIpc) is 3.22. The number of fused-ring (bicyclic) bond motifs is 1. The summed E-state index contributed by atoms with van der Waals surface area (Å²) in [6.45, 7) is -0.174. The second-order valence-corrected chi connectivity index (χ2v) is 8.69. The molecule has 2 N–H and O–H groups in total. The Balaban J connectivity index is 1.82. The maximum atomic E-state index is 13.5. The number of ketones is 1. The SMILES string of the molecule is CN1c2nc(C(=O)c3cccc(OC(F)(F)F)c3)n(Cc3ccc(Cl)cc3)c2C(=O)N(CCCO)C1O. The predicted octanol–water partition coefficient (Wildman–Crippen LogP) is 3.26. The van der Waals surface area contributed by atoms with Gasteiger partial charge in [0.2, 0.25) is 12.1 Å². The normalized spacial score (nSPS) is 15.6. The van der Waals surface area contributed by atoms with Crippen LogP contribution >= 0.6 is 11.6 Å². The van der Waals surface area contributed by atoms with Gasteiger partial charge in [-0.05, 0) is 36.2 Å². The highest BCUT2D eigenvalue weighted by molar-refractivity contribution is 6.30. The van der Waals surface area contributed by atoms with Gasteiger partial charge in [0.05, 0.1) is 6.54 Å². The lowest BCUT2D eigenvalue weighted by molar-refractivity contribution is -0.274. The number of anilines is 1. The minimum Gasteiger partial charge on any atom is -0.406 e. The Morgan fingerprint density at radius 2 is 1.89 bits per heavy atom. The fraction of sp³-hybridized carbons (Fsp3) is 0.292. The molecule has 13 heteroatoms. The Labute approximate surface area is 214 Å². The van der Waals surface area contributed by atoms with Crippen LogP contribution in [0.5, 0.6) is 5.75 Å². The quantitative estimate of drug-likeness (QED) is 0.424. The lowest BCUT2D eigenvalue weighted by atomic mass is 10.1. The van der Waals surface area contributed by atoms with E-state index < -0.39 is 30.2 Å². The molecule has 4 rings (SSSR count). The Hall–Kier alpha value is -3.61. The van der Waals surface area contributed by atoms with Crippen LogP contribution in [0.2, 0.25) is 5.02 Å². The summed E-state index contributed by atoms with van der Waals surface area (Å²) >= 11 is 5.98. The van der Waals surface area contributed by atoms with Crippen molar-refractivity contribution in [2.45, 2.75) is 25.7 Å². The van der Waals surface area contributed by atoms with Gasteiger partial charge in [-0.2, -0.15) is 0 Å². The number of aliphatic hydroxyl groups excluding tert-OH is 2. The number of aliphatic hydroxyl groups is 2. The first-order valence-electron chi connectivity index (χ1n) is 11.1. The first-order chi connectivity index (χ1) is 17.5. The minimum atomic E-state index is -4.95. The smallest absolute Gasteiger partial charge is 0.406 e. The number of halogens is 4. The molecule has 0 saturated heterocycles. The van der Waals surface area contributed by atoms with Crippen LogP contribution in [0.4, 0.5) is 19.0 Å². The summed E-state index contributed by atoms with van der Waals surface area (Å²) in [6.07, 6.45) is -6.15. The molecule has 3 aromatic rings. The highest BCUT2D eigenvalue weighted by atomic mass is 35.5. The largest absolute Gasteiger partial charge is 0.573 e. The van der Waals surface area contributed by atoms with Crippen LogP contribution in [0.15, 0.2) is 48.5 Å². The molecule has 196 valence electrons. The number of benzene rings is 2. The van der Waals surface area contributed by atoms with E-state index in [9.17, 15) is 33.0 Å². The number of aromatic nitrogens is 2. The number of carbonyl (C=O) groups is 2. The van der Waals surface area contributed by atoms with Gasteiger partial charge in [-0.25, -0.2) is 4.98 Å². The van der Waals surface area contributed by atoms with E-state index in [1.165, 1.54) is 28.6 Å². The molecule has 1 atom stereocenters. The van der Waals surface area contributed by atoms with E-state index in [1.54, 1.807) is 24.3 Å². The fourth-order valence-electron chi connectivity index (χ4n) is 3.98. The molecule has 2 aromatic carbocycles. The van der Waals surface area contributed by atoms with Crippen molar-refractivity contribution >= 4 is 29.1 Å². The van der Waals surface area contributed by atoms with Gasteiger partial charge in [-0.15, -0.1) is 13.2 Å². The maximum absolute atomic E-state index is 13.5. The summed E-state index contributed by atoms with van der Waals surface area (Å²) < 4.78 is 43.4. The molecule has 0 bridgehead atoms. The highest BCUT2D eigenvalue weighted by Gasteiger charge is 2.40. The van der Waals surface area contributed by atoms with Gasteiger partial charge < -0.3 is 24.4 Å². The standard InChI is InChI=1S/C24H22ClF3N4O5/c1-30-20-18(22(35)31(23(30)36)10-3-11-33)32(13-14-6-8-16(25)9-7-14)21(29-20)19(34)15-4-2-5-17(12-15)37-24(26,27)28/h2,4-9,12,23,33,36H,3,10-11,13H2,1H3. The highest BCUT2D eigenvalue weighted by Crippen LogP contribution is 2.32. The monoisotopic (exact) mass is 538 g/mol. The van der Waals surface area contributed by atoms with Crippen molar-refractivity contribution in [2.75, 3.05) is 25.1 Å². The van der Waals surface area contributed by atoms with Crippen LogP contribution in [0.25, 0.3) is 0 Å². The molecule has 0 spiro atoms. The fourth-order valence-corrected chi connectivity index (χ4v) is 4.10. The number of hydrogen-bond donors (Lipinski definition) is 2. The van der Waals surface area contributed by atoms with Crippen LogP contribution in [0.3, 0.4) is 0 Å². The molecule has 9 nitrogen and oxygen atoms in total. The van der Waals surface area contributed by atoms with Crippen molar-refractivity contribution in [3.05, 3.63) is 76.2 Å². The van der Waals surface area contributed by atoms with Gasteiger partial charge in [0.25, 0.3) is 5.91 Å². The van der Waals surface area contributed by atoms with Crippen molar-refractivity contribution < 1.29 is 37.7 Å². The zero-order valence-electron chi connectivity index (χ0n) is 19.4.